The van der Waals surface area contributed by atoms with E-state index in [1.807, 2.05) is 6.92 Å². The average Bonchev–Trinajstić information content (AvgIpc) is 2.35. The molecule has 4 nitrogen and oxygen atoms in total. The van der Waals surface area contributed by atoms with Crippen molar-refractivity contribution in [2.24, 2.45) is 0 Å². The van der Waals surface area contributed by atoms with Gasteiger partial charge in [-0.1, -0.05) is 13.3 Å². The molecule has 1 N–H and O–H groups in total. The van der Waals surface area contributed by atoms with Gasteiger partial charge in [0.15, 0.2) is 6.10 Å². The number of aliphatic carboxylic acids is 1. The summed E-state index contributed by atoms with van der Waals surface area (Å²) in [5.74, 6) is -0.489. The first-order valence-corrected chi connectivity index (χ1v) is 5.62. The van der Waals surface area contributed by atoms with E-state index in [2.05, 4.69) is 0 Å². The van der Waals surface area contributed by atoms with Gasteiger partial charge >= 0.3 is 5.97 Å². The van der Waals surface area contributed by atoms with E-state index in [0.29, 0.717) is 17.7 Å². The van der Waals surface area contributed by atoms with Gasteiger partial charge in [0, 0.05) is 5.56 Å². The Morgan fingerprint density at radius 3 is 2.53 bits per heavy atom. The van der Waals surface area contributed by atoms with E-state index in [1.54, 1.807) is 24.3 Å². The maximum atomic E-state index is 11.0. The Hall–Kier alpha value is -1.84. The van der Waals surface area contributed by atoms with Crippen molar-refractivity contribution < 1.29 is 19.4 Å². The molecule has 1 aromatic carbocycles. The highest BCUT2D eigenvalue weighted by molar-refractivity contribution is 5.75. The van der Waals surface area contributed by atoms with Gasteiger partial charge in [-0.15, -0.1) is 0 Å². The van der Waals surface area contributed by atoms with E-state index in [9.17, 15) is 9.59 Å². The Balaban J connectivity index is 2.64. The van der Waals surface area contributed by atoms with Crippen LogP contribution in [0, 0.1) is 0 Å². The number of rotatable bonds is 7. The molecule has 0 aliphatic rings. The van der Waals surface area contributed by atoms with Crippen LogP contribution in [0.5, 0.6) is 5.75 Å². The van der Waals surface area contributed by atoms with E-state index in [-0.39, 0.29) is 0 Å². The van der Waals surface area contributed by atoms with Crippen LogP contribution in [0.3, 0.4) is 0 Å². The Bertz CT molecular complexity index is 370. The third-order valence-corrected chi connectivity index (χ3v) is 2.39. The first kappa shape index (κ1) is 13.2. The highest BCUT2D eigenvalue weighted by atomic mass is 16.5. The number of carboxylic acids is 1. The Labute approximate surface area is 100 Å². The van der Waals surface area contributed by atoms with Gasteiger partial charge in [0.1, 0.15) is 12.0 Å². The highest BCUT2D eigenvalue weighted by Gasteiger charge is 2.18. The molecule has 0 heterocycles. The number of benzene rings is 1. The molecule has 4 heteroatoms. The maximum Gasteiger partial charge on any atom is 0.344 e. The first-order chi connectivity index (χ1) is 8.17. The minimum absolute atomic E-state index is 0.471. The average molecular weight is 236 g/mol. The van der Waals surface area contributed by atoms with Crippen molar-refractivity contribution >= 4 is 12.3 Å². The van der Waals surface area contributed by atoms with Crippen LogP contribution in [0.15, 0.2) is 24.3 Å². The summed E-state index contributed by atoms with van der Waals surface area (Å²) in [6.45, 7) is 2.00. The van der Waals surface area contributed by atoms with Crippen molar-refractivity contribution in [1.82, 2.24) is 0 Å². The summed E-state index contributed by atoms with van der Waals surface area (Å²) in [6.07, 6.45) is 2.13. The summed E-state index contributed by atoms with van der Waals surface area (Å²) in [4.78, 5) is 21.4. The zero-order chi connectivity index (χ0) is 12.7. The van der Waals surface area contributed by atoms with E-state index < -0.39 is 12.1 Å². The number of ether oxygens (including phenoxy) is 1. The van der Waals surface area contributed by atoms with Crippen molar-refractivity contribution in [1.29, 1.82) is 0 Å². The van der Waals surface area contributed by atoms with E-state index >= 15 is 0 Å². The van der Waals surface area contributed by atoms with Crippen LogP contribution in [-0.4, -0.2) is 23.5 Å². The topological polar surface area (TPSA) is 63.6 Å². The van der Waals surface area contributed by atoms with Crippen LogP contribution in [0.4, 0.5) is 0 Å². The largest absolute Gasteiger partial charge is 0.479 e. The molecule has 1 rings (SSSR count). The monoisotopic (exact) mass is 236 g/mol. The fraction of sp³-hybridized carbons (Fsp3) is 0.385. The minimum Gasteiger partial charge on any atom is -0.479 e. The SMILES string of the molecule is CCCCC(Oc1ccc(C=O)cc1)C(=O)O. The molecular weight excluding hydrogens is 220 g/mol. The summed E-state index contributed by atoms with van der Waals surface area (Å²) >= 11 is 0. The lowest BCUT2D eigenvalue weighted by Crippen LogP contribution is -2.26. The third-order valence-electron chi connectivity index (χ3n) is 2.39. The molecule has 0 bridgehead atoms. The zero-order valence-electron chi connectivity index (χ0n) is 9.76. The first-order valence-electron chi connectivity index (χ1n) is 5.62. The molecule has 0 fully saturated rings. The second-order valence-electron chi connectivity index (χ2n) is 3.77. The maximum absolute atomic E-state index is 11.0. The van der Waals surface area contributed by atoms with Crippen LogP contribution >= 0.6 is 0 Å². The van der Waals surface area contributed by atoms with E-state index in [1.165, 1.54) is 0 Å². The van der Waals surface area contributed by atoms with Crippen molar-refractivity contribution in [2.45, 2.75) is 32.3 Å². The van der Waals surface area contributed by atoms with Gasteiger partial charge < -0.3 is 9.84 Å². The lowest BCUT2D eigenvalue weighted by Gasteiger charge is -2.14. The quantitative estimate of drug-likeness (QED) is 0.739. The van der Waals surface area contributed by atoms with Gasteiger partial charge in [0.25, 0.3) is 0 Å². The number of carboxylic acid groups (broad SMARTS) is 1. The van der Waals surface area contributed by atoms with Crippen LogP contribution in [0.25, 0.3) is 0 Å². The van der Waals surface area contributed by atoms with Crippen molar-refractivity contribution in [3.63, 3.8) is 0 Å². The predicted molar refractivity (Wildman–Crippen MR) is 63.4 cm³/mol. The fourth-order valence-corrected chi connectivity index (χ4v) is 1.41. The van der Waals surface area contributed by atoms with Gasteiger partial charge in [0.2, 0.25) is 0 Å². The van der Waals surface area contributed by atoms with Gasteiger partial charge in [-0.2, -0.15) is 0 Å². The van der Waals surface area contributed by atoms with E-state index in [0.717, 1.165) is 19.1 Å². The molecule has 0 spiro atoms. The highest BCUT2D eigenvalue weighted by Crippen LogP contribution is 2.15. The number of carbonyl (C=O) groups excluding carboxylic acids is 1. The van der Waals surface area contributed by atoms with E-state index in [4.69, 9.17) is 9.84 Å². The third kappa shape index (κ3) is 4.26. The molecule has 0 aliphatic carbocycles. The molecule has 17 heavy (non-hydrogen) atoms. The fourth-order valence-electron chi connectivity index (χ4n) is 1.41. The second-order valence-corrected chi connectivity index (χ2v) is 3.77. The molecule has 0 radical (unpaired) electrons. The second kappa shape index (κ2) is 6.68. The van der Waals surface area contributed by atoms with Crippen molar-refractivity contribution in [3.05, 3.63) is 29.8 Å². The van der Waals surface area contributed by atoms with Crippen LogP contribution in [0.1, 0.15) is 36.5 Å². The normalized spacial score (nSPS) is 11.8. The number of hydrogen-bond acceptors (Lipinski definition) is 3. The molecule has 0 amide bonds. The summed E-state index contributed by atoms with van der Waals surface area (Å²) < 4.78 is 5.36. The standard InChI is InChI=1S/C13H16O4/c1-2-3-4-12(13(15)16)17-11-7-5-10(9-14)6-8-11/h5-9,12H,2-4H2,1H3,(H,15,16). The molecule has 1 unspecified atom stereocenters. The summed E-state index contributed by atoms with van der Waals surface area (Å²) in [5.41, 5.74) is 0.540. The number of hydrogen-bond donors (Lipinski definition) is 1. The molecular formula is C13H16O4. The number of aldehydes is 1. The molecule has 0 aromatic heterocycles. The predicted octanol–water partition coefficient (Wildman–Crippen LogP) is 2.52. The molecule has 1 aromatic rings. The number of unbranched alkanes of at least 4 members (excludes halogenated alkanes) is 1. The van der Waals surface area contributed by atoms with Gasteiger partial charge in [0.05, 0.1) is 0 Å². The van der Waals surface area contributed by atoms with Gasteiger partial charge in [-0.05, 0) is 37.1 Å². The molecule has 0 saturated carbocycles. The van der Waals surface area contributed by atoms with Crippen molar-refractivity contribution in [2.75, 3.05) is 0 Å². The van der Waals surface area contributed by atoms with Crippen LogP contribution < -0.4 is 4.74 Å². The number of carbonyl (C=O) groups is 2. The molecule has 0 aliphatic heterocycles. The summed E-state index contributed by atoms with van der Waals surface area (Å²) in [5, 5.41) is 8.98. The zero-order valence-corrected chi connectivity index (χ0v) is 9.76. The Morgan fingerprint density at radius 2 is 2.06 bits per heavy atom. The lowest BCUT2D eigenvalue weighted by atomic mass is 10.1. The summed E-state index contributed by atoms with van der Waals surface area (Å²) in [7, 11) is 0. The molecule has 1 atom stereocenters. The molecule has 0 saturated heterocycles. The minimum atomic E-state index is -0.960. The Morgan fingerprint density at radius 1 is 1.41 bits per heavy atom. The van der Waals surface area contributed by atoms with Gasteiger partial charge in [-0.25, -0.2) is 4.79 Å². The van der Waals surface area contributed by atoms with Gasteiger partial charge in [-0.3, -0.25) is 4.79 Å². The van der Waals surface area contributed by atoms with Crippen LogP contribution in [-0.2, 0) is 4.79 Å². The van der Waals surface area contributed by atoms with Crippen LogP contribution in [0.2, 0.25) is 0 Å². The lowest BCUT2D eigenvalue weighted by molar-refractivity contribution is -0.145. The van der Waals surface area contributed by atoms with Crippen molar-refractivity contribution in [3.8, 4) is 5.75 Å². The Kier molecular flexibility index (Phi) is 5.20. The molecule has 92 valence electrons. The summed E-state index contributed by atoms with van der Waals surface area (Å²) in [6, 6.07) is 6.40. The smallest absolute Gasteiger partial charge is 0.344 e.